The molecule has 1 aromatic carbocycles. The molecule has 0 unspecified atom stereocenters. The van der Waals surface area contributed by atoms with Gasteiger partial charge in [0.2, 0.25) is 0 Å². The second-order valence-corrected chi connectivity index (χ2v) is 7.72. The van der Waals surface area contributed by atoms with Crippen molar-refractivity contribution in [2.75, 3.05) is 20.1 Å². The summed E-state index contributed by atoms with van der Waals surface area (Å²) in [6.07, 6.45) is 2.65. The van der Waals surface area contributed by atoms with Crippen molar-refractivity contribution in [2.45, 2.75) is 25.7 Å². The van der Waals surface area contributed by atoms with Gasteiger partial charge < -0.3 is 15.1 Å². The van der Waals surface area contributed by atoms with Gasteiger partial charge in [0.15, 0.2) is 0 Å². The standard InChI is InChI=1S/C20H24FNO4/c1-12-3-6-14-10-22(2)11-20(14,16(19(25)26)9-17(23)24)18(12)13-4-7-15(21)8-5-13/h4-5,7-9,12,14,18H,3,6,10-11H2,1-2H3,(H,23,24)(H,25,26)/t12-,14-,18-,20+/m0/s1. The van der Waals surface area contributed by atoms with Crippen LogP contribution >= 0.6 is 0 Å². The summed E-state index contributed by atoms with van der Waals surface area (Å²) in [4.78, 5) is 25.6. The molecule has 6 heteroatoms. The number of hydrogen-bond donors (Lipinski definition) is 2. The van der Waals surface area contributed by atoms with Gasteiger partial charge in [-0.3, -0.25) is 0 Å². The van der Waals surface area contributed by atoms with Gasteiger partial charge in [-0.05, 0) is 55.3 Å². The zero-order valence-corrected chi connectivity index (χ0v) is 15.0. The lowest BCUT2D eigenvalue weighted by Crippen LogP contribution is -2.47. The lowest BCUT2D eigenvalue weighted by Gasteiger charge is -2.49. The highest BCUT2D eigenvalue weighted by atomic mass is 19.1. The Morgan fingerprint density at radius 3 is 2.46 bits per heavy atom. The lowest BCUT2D eigenvalue weighted by molar-refractivity contribution is -0.137. The maximum Gasteiger partial charge on any atom is 0.332 e. The number of fused-ring (bicyclic) bond motifs is 1. The van der Waals surface area contributed by atoms with E-state index in [0.29, 0.717) is 6.54 Å². The molecular formula is C20H24FNO4. The third kappa shape index (κ3) is 3.03. The van der Waals surface area contributed by atoms with Gasteiger partial charge in [0.25, 0.3) is 0 Å². The fourth-order valence-electron chi connectivity index (χ4n) is 5.31. The number of benzene rings is 1. The van der Waals surface area contributed by atoms with E-state index in [9.17, 15) is 24.2 Å². The average molecular weight is 361 g/mol. The first kappa shape index (κ1) is 18.6. The SMILES string of the molecule is C[C@H]1CC[C@H]2CN(C)C[C@@]2(C(=CC(=O)O)C(=O)O)[C@@H]1c1ccc(F)cc1. The molecule has 140 valence electrons. The Morgan fingerprint density at radius 1 is 1.23 bits per heavy atom. The van der Waals surface area contributed by atoms with Crippen molar-refractivity contribution in [2.24, 2.45) is 17.3 Å². The number of likely N-dealkylation sites (tertiary alicyclic amines) is 1. The summed E-state index contributed by atoms with van der Waals surface area (Å²) in [5.74, 6) is -2.73. The van der Waals surface area contributed by atoms with E-state index < -0.39 is 17.4 Å². The van der Waals surface area contributed by atoms with Gasteiger partial charge in [0.1, 0.15) is 5.82 Å². The molecular weight excluding hydrogens is 337 g/mol. The normalized spacial score (nSPS) is 32.3. The van der Waals surface area contributed by atoms with Crippen molar-refractivity contribution in [1.29, 1.82) is 0 Å². The van der Waals surface area contributed by atoms with Crippen molar-refractivity contribution in [1.82, 2.24) is 4.90 Å². The topological polar surface area (TPSA) is 77.8 Å². The van der Waals surface area contributed by atoms with E-state index in [0.717, 1.165) is 31.0 Å². The van der Waals surface area contributed by atoms with Gasteiger partial charge in [-0.15, -0.1) is 0 Å². The van der Waals surface area contributed by atoms with Gasteiger partial charge in [0.05, 0.1) is 5.57 Å². The van der Waals surface area contributed by atoms with Crippen LogP contribution in [-0.4, -0.2) is 47.2 Å². The largest absolute Gasteiger partial charge is 0.478 e. The van der Waals surface area contributed by atoms with E-state index in [4.69, 9.17) is 0 Å². The van der Waals surface area contributed by atoms with Crippen molar-refractivity contribution >= 4 is 11.9 Å². The number of carboxylic acids is 2. The number of rotatable bonds is 4. The van der Waals surface area contributed by atoms with E-state index in [-0.39, 0.29) is 29.1 Å². The molecule has 1 aromatic rings. The molecule has 0 amide bonds. The van der Waals surface area contributed by atoms with Crippen LogP contribution in [0.25, 0.3) is 0 Å². The molecule has 1 aliphatic carbocycles. The first-order valence-electron chi connectivity index (χ1n) is 8.88. The Bertz CT molecular complexity index is 745. The Balaban J connectivity index is 2.22. The first-order chi connectivity index (χ1) is 12.3. The molecule has 2 aliphatic rings. The van der Waals surface area contributed by atoms with E-state index >= 15 is 0 Å². The zero-order chi connectivity index (χ0) is 19.1. The average Bonchev–Trinajstić information content (AvgIpc) is 2.90. The van der Waals surface area contributed by atoms with Gasteiger partial charge in [-0.25, -0.2) is 14.0 Å². The van der Waals surface area contributed by atoms with Gasteiger partial charge in [-0.2, -0.15) is 0 Å². The number of halogens is 1. The third-order valence-electron chi connectivity index (χ3n) is 6.12. The maximum absolute atomic E-state index is 13.4. The second-order valence-electron chi connectivity index (χ2n) is 7.72. The van der Waals surface area contributed by atoms with Crippen LogP contribution in [0.1, 0.15) is 31.2 Å². The Morgan fingerprint density at radius 2 is 1.88 bits per heavy atom. The first-order valence-corrected chi connectivity index (χ1v) is 8.88. The minimum absolute atomic E-state index is 0.0415. The molecule has 0 radical (unpaired) electrons. The highest BCUT2D eigenvalue weighted by Crippen LogP contribution is 2.60. The van der Waals surface area contributed by atoms with Gasteiger partial charge >= 0.3 is 11.9 Å². The predicted molar refractivity (Wildman–Crippen MR) is 94.3 cm³/mol. The van der Waals surface area contributed by atoms with Crippen LogP contribution in [0.15, 0.2) is 35.9 Å². The van der Waals surface area contributed by atoms with Crippen molar-refractivity contribution in [3.05, 3.63) is 47.3 Å². The minimum atomic E-state index is -1.25. The number of carbonyl (C=O) groups is 2. The molecule has 3 rings (SSSR count). The maximum atomic E-state index is 13.4. The molecule has 1 saturated carbocycles. The second kappa shape index (κ2) is 6.83. The number of hydrogen-bond acceptors (Lipinski definition) is 3. The molecule has 2 N–H and O–H groups in total. The van der Waals surface area contributed by atoms with E-state index in [2.05, 4.69) is 11.8 Å². The van der Waals surface area contributed by atoms with Crippen molar-refractivity contribution in [3.8, 4) is 0 Å². The molecule has 1 heterocycles. The van der Waals surface area contributed by atoms with Crippen LogP contribution in [0.4, 0.5) is 4.39 Å². The summed E-state index contributed by atoms with van der Waals surface area (Å²) in [6.45, 7) is 3.29. The number of aliphatic carboxylic acids is 2. The smallest absolute Gasteiger partial charge is 0.332 e. The van der Waals surface area contributed by atoms with E-state index in [1.165, 1.54) is 12.1 Å². The third-order valence-corrected chi connectivity index (χ3v) is 6.12. The van der Waals surface area contributed by atoms with Crippen molar-refractivity contribution < 1.29 is 24.2 Å². The minimum Gasteiger partial charge on any atom is -0.478 e. The molecule has 2 fully saturated rings. The molecule has 0 spiro atoms. The number of carboxylic acid groups (broad SMARTS) is 2. The predicted octanol–water partition coefficient (Wildman–Crippen LogP) is 2.98. The summed E-state index contributed by atoms with van der Waals surface area (Å²) in [5, 5.41) is 19.2. The van der Waals surface area contributed by atoms with Gasteiger partial charge in [0, 0.05) is 24.6 Å². The fourth-order valence-corrected chi connectivity index (χ4v) is 5.31. The molecule has 0 aromatic heterocycles. The van der Waals surface area contributed by atoms with E-state index in [1.54, 1.807) is 12.1 Å². The molecule has 0 bridgehead atoms. The quantitative estimate of drug-likeness (QED) is 0.806. The van der Waals surface area contributed by atoms with Crippen LogP contribution in [0.5, 0.6) is 0 Å². The highest BCUT2D eigenvalue weighted by molar-refractivity contribution is 5.96. The summed E-state index contributed by atoms with van der Waals surface area (Å²) in [5.41, 5.74) is 0.0331. The lowest BCUT2D eigenvalue weighted by atomic mass is 9.53. The van der Waals surface area contributed by atoms with Crippen LogP contribution in [0.2, 0.25) is 0 Å². The van der Waals surface area contributed by atoms with Crippen LogP contribution in [0.3, 0.4) is 0 Å². The molecule has 1 aliphatic heterocycles. The van der Waals surface area contributed by atoms with Crippen molar-refractivity contribution in [3.63, 3.8) is 0 Å². The van der Waals surface area contributed by atoms with Crippen LogP contribution in [0, 0.1) is 23.1 Å². The Hall–Kier alpha value is -2.21. The van der Waals surface area contributed by atoms with Gasteiger partial charge in [-0.1, -0.05) is 19.1 Å². The zero-order valence-electron chi connectivity index (χ0n) is 15.0. The molecule has 4 atom stereocenters. The summed E-state index contributed by atoms with van der Waals surface area (Å²) < 4.78 is 13.4. The summed E-state index contributed by atoms with van der Waals surface area (Å²) in [6, 6.07) is 6.19. The van der Waals surface area contributed by atoms with E-state index in [1.807, 2.05) is 7.05 Å². The number of nitrogens with zero attached hydrogens (tertiary/aromatic N) is 1. The van der Waals surface area contributed by atoms with Crippen LogP contribution < -0.4 is 0 Å². The molecule has 26 heavy (non-hydrogen) atoms. The molecule has 1 saturated heterocycles. The van der Waals surface area contributed by atoms with Crippen LogP contribution in [-0.2, 0) is 9.59 Å². The Labute approximate surface area is 152 Å². The fraction of sp³-hybridized carbons (Fsp3) is 0.500. The summed E-state index contributed by atoms with van der Waals surface area (Å²) >= 11 is 0. The summed E-state index contributed by atoms with van der Waals surface area (Å²) in [7, 11) is 1.94. The highest BCUT2D eigenvalue weighted by Gasteiger charge is 2.58. The Kier molecular flexibility index (Phi) is 4.88. The monoisotopic (exact) mass is 361 g/mol. The molecule has 5 nitrogen and oxygen atoms in total.